The lowest BCUT2D eigenvalue weighted by molar-refractivity contribution is 0.0777. The second-order valence-corrected chi connectivity index (χ2v) is 10.5. The third-order valence-corrected chi connectivity index (χ3v) is 7.78. The summed E-state index contributed by atoms with van der Waals surface area (Å²) in [4.78, 5) is 29.4. The summed E-state index contributed by atoms with van der Waals surface area (Å²) in [6.45, 7) is 5.60. The number of nitrogens with one attached hydrogen (secondary N) is 1. The Balaban J connectivity index is 1.12. The van der Waals surface area contributed by atoms with Crippen LogP contribution in [0.3, 0.4) is 0 Å². The number of carbonyl (C=O) groups is 2. The first-order valence-corrected chi connectivity index (χ1v) is 13.2. The Labute approximate surface area is 222 Å². The molecule has 0 aromatic heterocycles. The van der Waals surface area contributed by atoms with Crippen molar-refractivity contribution in [3.05, 3.63) is 99.8 Å². The third-order valence-electron chi connectivity index (χ3n) is 7.47. The average Bonchev–Trinajstić information content (AvgIpc) is 3.47. The molecule has 37 heavy (non-hydrogen) atoms. The number of anilines is 1. The van der Waals surface area contributed by atoms with Crippen LogP contribution in [0.1, 0.15) is 38.3 Å². The van der Waals surface area contributed by atoms with E-state index in [0.29, 0.717) is 37.0 Å². The van der Waals surface area contributed by atoms with E-state index in [1.54, 1.807) is 11.0 Å². The van der Waals surface area contributed by atoms with Crippen molar-refractivity contribution in [2.24, 2.45) is 11.8 Å². The highest BCUT2D eigenvalue weighted by molar-refractivity contribution is 6.33. The van der Waals surface area contributed by atoms with Crippen LogP contribution in [0.25, 0.3) is 0 Å². The number of aryl methyl sites for hydroxylation is 2. The predicted molar refractivity (Wildman–Crippen MR) is 145 cm³/mol. The average molecular weight is 520 g/mol. The largest absolute Gasteiger partial charge is 0.371 e. The number of carbonyl (C=O) groups excluding carboxylic acids is 2. The van der Waals surface area contributed by atoms with Gasteiger partial charge in [0.05, 0.1) is 10.6 Å². The Morgan fingerprint density at radius 2 is 1.68 bits per heavy atom. The van der Waals surface area contributed by atoms with Crippen LogP contribution in [0.4, 0.5) is 10.1 Å². The maximum Gasteiger partial charge on any atom is 0.258 e. The number of nitrogens with zero attached hydrogens (tertiary/aromatic N) is 2. The van der Waals surface area contributed by atoms with Gasteiger partial charge in [0.25, 0.3) is 11.8 Å². The SMILES string of the molecule is Cc1ccc(C(=O)NCCCc2cccc(N3CC4CN(C(=O)c5c(F)cccc5Cl)CC4C3)c2)cc1. The molecule has 2 unspecified atom stereocenters. The molecule has 2 heterocycles. The number of benzene rings is 3. The number of likely N-dealkylation sites (tertiary alicyclic amines) is 1. The van der Waals surface area contributed by atoms with Crippen LogP contribution in [-0.4, -0.2) is 49.4 Å². The first-order valence-electron chi connectivity index (χ1n) is 12.8. The van der Waals surface area contributed by atoms with E-state index in [1.165, 1.54) is 23.4 Å². The minimum atomic E-state index is -0.567. The van der Waals surface area contributed by atoms with Crippen LogP contribution in [0.5, 0.6) is 0 Å². The fourth-order valence-corrected chi connectivity index (χ4v) is 5.68. The Hall–Kier alpha value is -3.38. The number of halogens is 2. The molecule has 7 heteroatoms. The second-order valence-electron chi connectivity index (χ2n) is 10.1. The van der Waals surface area contributed by atoms with Gasteiger partial charge in [0.2, 0.25) is 0 Å². The standard InChI is InChI=1S/C30H31ClFN3O2/c1-20-10-12-22(13-11-20)29(36)33-14-4-6-21-5-2-7-25(15-21)34-16-23-18-35(19-24(23)17-34)30(37)28-26(31)8-3-9-27(28)32/h2-3,5,7-13,15,23-24H,4,6,14,16-19H2,1H3,(H,33,36). The van der Waals surface area contributed by atoms with Gasteiger partial charge in [-0.1, -0.05) is 47.5 Å². The van der Waals surface area contributed by atoms with Crippen molar-refractivity contribution in [3.63, 3.8) is 0 Å². The molecule has 0 spiro atoms. The van der Waals surface area contributed by atoms with E-state index in [0.717, 1.165) is 31.5 Å². The van der Waals surface area contributed by atoms with Crippen molar-refractivity contribution in [2.75, 3.05) is 37.6 Å². The molecule has 0 radical (unpaired) electrons. The molecule has 5 rings (SSSR count). The zero-order valence-electron chi connectivity index (χ0n) is 20.9. The maximum atomic E-state index is 14.2. The Kier molecular flexibility index (Phi) is 7.47. The van der Waals surface area contributed by atoms with Gasteiger partial charge >= 0.3 is 0 Å². The highest BCUT2D eigenvalue weighted by atomic mass is 35.5. The molecule has 2 fully saturated rings. The van der Waals surface area contributed by atoms with Gasteiger partial charge in [-0.25, -0.2) is 4.39 Å². The van der Waals surface area contributed by atoms with E-state index in [1.807, 2.05) is 31.2 Å². The zero-order valence-corrected chi connectivity index (χ0v) is 21.7. The minimum absolute atomic E-state index is 0.0243. The lowest BCUT2D eigenvalue weighted by atomic mass is 10.0. The first kappa shape index (κ1) is 25.3. The molecule has 2 aliphatic rings. The zero-order chi connectivity index (χ0) is 25.9. The van der Waals surface area contributed by atoms with Crippen molar-refractivity contribution in [1.82, 2.24) is 10.2 Å². The first-order chi connectivity index (χ1) is 17.9. The molecular weight excluding hydrogens is 489 g/mol. The van der Waals surface area contributed by atoms with Crippen LogP contribution >= 0.6 is 11.6 Å². The quantitative estimate of drug-likeness (QED) is 0.428. The molecule has 1 N–H and O–H groups in total. The Morgan fingerprint density at radius 3 is 2.38 bits per heavy atom. The Morgan fingerprint density at radius 1 is 0.973 bits per heavy atom. The van der Waals surface area contributed by atoms with E-state index < -0.39 is 5.82 Å². The summed E-state index contributed by atoms with van der Waals surface area (Å²) in [6.07, 6.45) is 1.75. The molecular formula is C30H31ClFN3O2. The lowest BCUT2D eigenvalue weighted by Crippen LogP contribution is -2.34. The molecule has 3 aromatic carbocycles. The normalized spacial score (nSPS) is 18.7. The molecule has 0 aliphatic carbocycles. The summed E-state index contributed by atoms with van der Waals surface area (Å²) < 4.78 is 14.2. The van der Waals surface area contributed by atoms with Crippen molar-refractivity contribution in [3.8, 4) is 0 Å². The van der Waals surface area contributed by atoms with Gasteiger partial charge in [-0.3, -0.25) is 9.59 Å². The smallest absolute Gasteiger partial charge is 0.258 e. The topological polar surface area (TPSA) is 52.7 Å². The predicted octanol–water partition coefficient (Wildman–Crippen LogP) is 5.36. The van der Waals surface area contributed by atoms with E-state index in [2.05, 4.69) is 34.5 Å². The molecule has 2 amide bonds. The maximum absolute atomic E-state index is 14.2. The Bertz CT molecular complexity index is 1260. The molecule has 0 bridgehead atoms. The van der Waals surface area contributed by atoms with Crippen molar-refractivity contribution < 1.29 is 14.0 Å². The van der Waals surface area contributed by atoms with Gasteiger partial charge in [0, 0.05) is 55.8 Å². The van der Waals surface area contributed by atoms with Crippen LogP contribution in [-0.2, 0) is 6.42 Å². The second kappa shape index (κ2) is 10.9. The van der Waals surface area contributed by atoms with E-state index in [-0.39, 0.29) is 22.4 Å². The van der Waals surface area contributed by atoms with Crippen LogP contribution in [0.2, 0.25) is 5.02 Å². The van der Waals surface area contributed by atoms with Gasteiger partial charge in [0.1, 0.15) is 5.82 Å². The van der Waals surface area contributed by atoms with E-state index in [4.69, 9.17) is 11.6 Å². The van der Waals surface area contributed by atoms with E-state index in [9.17, 15) is 14.0 Å². The van der Waals surface area contributed by atoms with Gasteiger partial charge < -0.3 is 15.1 Å². The third kappa shape index (κ3) is 5.64. The summed E-state index contributed by atoms with van der Waals surface area (Å²) in [6, 6.07) is 20.5. The van der Waals surface area contributed by atoms with Gasteiger partial charge in [-0.2, -0.15) is 0 Å². The number of hydrogen-bond acceptors (Lipinski definition) is 3. The summed E-state index contributed by atoms with van der Waals surface area (Å²) in [7, 11) is 0. The van der Waals surface area contributed by atoms with Crippen molar-refractivity contribution >= 4 is 29.1 Å². The number of fused-ring (bicyclic) bond motifs is 1. The molecule has 5 nitrogen and oxygen atoms in total. The molecule has 192 valence electrons. The van der Waals surface area contributed by atoms with Gasteiger partial charge in [-0.05, 0) is 61.7 Å². The summed E-state index contributed by atoms with van der Waals surface area (Å²) in [5, 5.41) is 3.17. The number of hydrogen-bond donors (Lipinski definition) is 1. The van der Waals surface area contributed by atoms with Crippen molar-refractivity contribution in [2.45, 2.75) is 19.8 Å². The molecule has 2 aliphatic heterocycles. The van der Waals surface area contributed by atoms with E-state index >= 15 is 0 Å². The van der Waals surface area contributed by atoms with Crippen LogP contribution in [0, 0.1) is 24.6 Å². The summed E-state index contributed by atoms with van der Waals surface area (Å²) in [5.74, 6) is -0.212. The minimum Gasteiger partial charge on any atom is -0.371 e. The van der Waals surface area contributed by atoms with Crippen LogP contribution in [0.15, 0.2) is 66.7 Å². The fourth-order valence-electron chi connectivity index (χ4n) is 5.44. The van der Waals surface area contributed by atoms with Crippen LogP contribution < -0.4 is 10.2 Å². The van der Waals surface area contributed by atoms with Gasteiger partial charge in [-0.15, -0.1) is 0 Å². The molecule has 3 aromatic rings. The molecule has 2 saturated heterocycles. The lowest BCUT2D eigenvalue weighted by Gasteiger charge is -2.24. The summed E-state index contributed by atoms with van der Waals surface area (Å²) >= 11 is 6.12. The highest BCUT2D eigenvalue weighted by Gasteiger charge is 2.42. The van der Waals surface area contributed by atoms with Crippen molar-refractivity contribution in [1.29, 1.82) is 0 Å². The molecule has 2 atom stereocenters. The summed E-state index contributed by atoms with van der Waals surface area (Å²) in [5.41, 5.74) is 4.22. The number of amides is 2. The monoisotopic (exact) mass is 519 g/mol. The van der Waals surface area contributed by atoms with Gasteiger partial charge in [0.15, 0.2) is 0 Å². The number of rotatable bonds is 7. The highest BCUT2D eigenvalue weighted by Crippen LogP contribution is 2.35. The fraction of sp³-hybridized carbons (Fsp3) is 0.333. The molecule has 0 saturated carbocycles.